The third kappa shape index (κ3) is 2.71. The summed E-state index contributed by atoms with van der Waals surface area (Å²) in [5.74, 6) is -1.09. The molecule has 0 aliphatic carbocycles. The van der Waals surface area contributed by atoms with Gasteiger partial charge in [-0.2, -0.15) is 0 Å². The Kier molecular flexibility index (Phi) is 3.93. The molecule has 0 radical (unpaired) electrons. The number of para-hydroxylation sites is 1. The molecule has 0 amide bonds. The van der Waals surface area contributed by atoms with Crippen molar-refractivity contribution in [1.29, 1.82) is 0 Å². The van der Waals surface area contributed by atoms with Crippen LogP contribution in [0.3, 0.4) is 0 Å². The van der Waals surface area contributed by atoms with Crippen molar-refractivity contribution in [3.05, 3.63) is 51.5 Å². The van der Waals surface area contributed by atoms with E-state index in [2.05, 4.69) is 9.97 Å². The maximum absolute atomic E-state index is 11.4. The highest BCUT2D eigenvalue weighted by atomic mass is 16.6. The number of carboxylic acids is 1. The largest absolute Gasteiger partial charge is 0.545 e. The van der Waals surface area contributed by atoms with Crippen LogP contribution in [0.15, 0.2) is 24.3 Å². The fourth-order valence-corrected chi connectivity index (χ4v) is 2.13. The summed E-state index contributed by atoms with van der Waals surface area (Å²) in [6.45, 7) is 3.36. The van der Waals surface area contributed by atoms with Crippen molar-refractivity contribution < 1.29 is 14.8 Å². The van der Waals surface area contributed by atoms with Gasteiger partial charge in [0.15, 0.2) is 0 Å². The Morgan fingerprint density at radius 3 is 2.52 bits per heavy atom. The summed E-state index contributed by atoms with van der Waals surface area (Å²) in [5, 5.41) is 22.5. The summed E-state index contributed by atoms with van der Waals surface area (Å²) in [7, 11) is 0. The van der Waals surface area contributed by atoms with Gasteiger partial charge in [0.1, 0.15) is 5.82 Å². The van der Waals surface area contributed by atoms with Gasteiger partial charge in [0.05, 0.1) is 27.8 Å². The third-order valence-corrected chi connectivity index (χ3v) is 2.99. The Hall–Kier alpha value is -2.83. The molecule has 7 heteroatoms. The number of carboxylic acid groups (broad SMARTS) is 1. The summed E-state index contributed by atoms with van der Waals surface area (Å²) in [4.78, 5) is 30.1. The van der Waals surface area contributed by atoms with E-state index in [0.717, 1.165) is 0 Å². The summed E-state index contributed by atoms with van der Waals surface area (Å²) in [6.07, 6.45) is 0.361. The first-order chi connectivity index (χ1) is 9.95. The van der Waals surface area contributed by atoms with Gasteiger partial charge in [-0.1, -0.05) is 19.1 Å². The van der Waals surface area contributed by atoms with Crippen molar-refractivity contribution >= 4 is 11.7 Å². The number of nitro benzene ring substituents is 1. The number of nitro groups is 1. The maximum Gasteiger partial charge on any atom is 0.278 e. The topological polar surface area (TPSA) is 109 Å². The molecule has 7 nitrogen and oxygen atoms in total. The predicted molar refractivity (Wildman–Crippen MR) is 72.6 cm³/mol. The average molecular weight is 286 g/mol. The first kappa shape index (κ1) is 14.6. The molecule has 2 aromatic rings. The van der Waals surface area contributed by atoms with Gasteiger partial charge >= 0.3 is 0 Å². The minimum Gasteiger partial charge on any atom is -0.545 e. The predicted octanol–water partition coefficient (Wildman–Crippen LogP) is 1.29. The molecule has 1 aromatic carbocycles. The third-order valence-electron chi connectivity index (χ3n) is 2.99. The van der Waals surface area contributed by atoms with E-state index in [1.54, 1.807) is 19.9 Å². The molecule has 0 fully saturated rings. The molecule has 0 spiro atoms. The van der Waals surface area contributed by atoms with Crippen molar-refractivity contribution in [2.24, 2.45) is 0 Å². The Bertz CT molecular complexity index is 728. The van der Waals surface area contributed by atoms with E-state index in [-0.39, 0.29) is 22.5 Å². The van der Waals surface area contributed by atoms with Gasteiger partial charge in [-0.05, 0) is 19.4 Å². The Balaban J connectivity index is 2.83. The van der Waals surface area contributed by atoms with Crippen LogP contribution >= 0.6 is 0 Å². The lowest BCUT2D eigenvalue weighted by molar-refractivity contribution is -0.384. The second-order valence-electron chi connectivity index (χ2n) is 4.36. The first-order valence-electron chi connectivity index (χ1n) is 6.28. The summed E-state index contributed by atoms with van der Waals surface area (Å²) in [5.41, 5.74) is 0.0572. The lowest BCUT2D eigenvalue weighted by atomic mass is 10.0. The zero-order chi connectivity index (χ0) is 15.6. The van der Waals surface area contributed by atoms with Crippen LogP contribution in [0, 0.1) is 17.0 Å². The number of hydrogen-bond donors (Lipinski definition) is 0. The molecule has 1 heterocycles. The summed E-state index contributed by atoms with van der Waals surface area (Å²) < 4.78 is 0. The molecular formula is C14H12N3O4-. The van der Waals surface area contributed by atoms with Crippen LogP contribution in [0.1, 0.15) is 28.8 Å². The average Bonchev–Trinajstić information content (AvgIpc) is 2.45. The molecule has 0 bridgehead atoms. The van der Waals surface area contributed by atoms with E-state index in [4.69, 9.17) is 0 Å². The van der Waals surface area contributed by atoms with E-state index >= 15 is 0 Å². The van der Waals surface area contributed by atoms with Gasteiger partial charge in [-0.3, -0.25) is 10.1 Å². The second-order valence-corrected chi connectivity index (χ2v) is 4.36. The Labute approximate surface area is 120 Å². The van der Waals surface area contributed by atoms with Gasteiger partial charge in [0.2, 0.25) is 0 Å². The standard InChI is InChI=1S/C14H13N3O4/c1-3-10-12(14(18)19)13(16-8(2)15-10)9-6-4-5-7-11(9)17(20)21/h4-7H,3H2,1-2H3,(H,18,19)/p-1. The monoisotopic (exact) mass is 286 g/mol. The number of carbonyl (C=O) groups is 1. The van der Waals surface area contributed by atoms with Crippen molar-refractivity contribution in [1.82, 2.24) is 9.97 Å². The molecule has 1 aromatic heterocycles. The molecule has 21 heavy (non-hydrogen) atoms. The fourth-order valence-electron chi connectivity index (χ4n) is 2.13. The lowest BCUT2D eigenvalue weighted by Gasteiger charge is -2.14. The molecule has 0 saturated heterocycles. The zero-order valence-corrected chi connectivity index (χ0v) is 11.5. The van der Waals surface area contributed by atoms with Gasteiger partial charge in [0, 0.05) is 11.6 Å². The van der Waals surface area contributed by atoms with Gasteiger partial charge < -0.3 is 9.90 Å². The normalized spacial score (nSPS) is 10.4. The van der Waals surface area contributed by atoms with Crippen LogP contribution in [0.5, 0.6) is 0 Å². The number of hydrogen-bond acceptors (Lipinski definition) is 6. The van der Waals surface area contributed by atoms with E-state index in [1.807, 2.05) is 0 Å². The molecule has 108 valence electrons. The highest BCUT2D eigenvalue weighted by Crippen LogP contribution is 2.31. The quantitative estimate of drug-likeness (QED) is 0.618. The van der Waals surface area contributed by atoms with Crippen LogP contribution in [0.4, 0.5) is 5.69 Å². The number of aromatic carboxylic acids is 1. The number of benzene rings is 1. The van der Waals surface area contributed by atoms with Gasteiger partial charge in [0.25, 0.3) is 5.69 Å². The number of nitrogens with zero attached hydrogens (tertiary/aromatic N) is 3. The first-order valence-corrected chi connectivity index (χ1v) is 6.28. The summed E-state index contributed by atoms with van der Waals surface area (Å²) in [6, 6.07) is 5.86. The molecule has 0 saturated carbocycles. The van der Waals surface area contributed by atoms with E-state index in [0.29, 0.717) is 17.9 Å². The number of aromatic nitrogens is 2. The van der Waals surface area contributed by atoms with Crippen LogP contribution in [0.2, 0.25) is 0 Å². The van der Waals surface area contributed by atoms with Crippen LogP contribution in [-0.4, -0.2) is 20.9 Å². The van der Waals surface area contributed by atoms with Crippen LogP contribution in [0.25, 0.3) is 11.3 Å². The molecule has 0 aliphatic heterocycles. The zero-order valence-electron chi connectivity index (χ0n) is 11.5. The lowest BCUT2D eigenvalue weighted by Crippen LogP contribution is -2.26. The SMILES string of the molecule is CCc1nc(C)nc(-c2ccccc2[N+](=O)[O-])c1C(=O)[O-]. The van der Waals surface area contributed by atoms with E-state index < -0.39 is 10.9 Å². The molecule has 0 N–H and O–H groups in total. The van der Waals surface area contributed by atoms with E-state index in [1.165, 1.54) is 18.2 Å². The number of aryl methyl sites for hydroxylation is 2. The van der Waals surface area contributed by atoms with E-state index in [9.17, 15) is 20.0 Å². The molecule has 0 aliphatic rings. The number of carbonyl (C=O) groups excluding carboxylic acids is 1. The minimum atomic E-state index is -1.44. The highest BCUT2D eigenvalue weighted by Gasteiger charge is 2.21. The minimum absolute atomic E-state index is 0.0200. The van der Waals surface area contributed by atoms with Crippen LogP contribution < -0.4 is 5.11 Å². The van der Waals surface area contributed by atoms with Crippen LogP contribution in [-0.2, 0) is 6.42 Å². The van der Waals surface area contributed by atoms with Gasteiger partial charge in [-0.25, -0.2) is 9.97 Å². The fraction of sp³-hybridized carbons (Fsp3) is 0.214. The molecule has 0 unspecified atom stereocenters. The smallest absolute Gasteiger partial charge is 0.278 e. The Morgan fingerprint density at radius 1 is 1.29 bits per heavy atom. The van der Waals surface area contributed by atoms with Crippen molar-refractivity contribution in [3.63, 3.8) is 0 Å². The summed E-state index contributed by atoms with van der Waals surface area (Å²) >= 11 is 0. The van der Waals surface area contributed by atoms with Crippen molar-refractivity contribution in [3.8, 4) is 11.3 Å². The number of rotatable bonds is 4. The second kappa shape index (κ2) is 5.66. The van der Waals surface area contributed by atoms with Gasteiger partial charge in [-0.15, -0.1) is 0 Å². The highest BCUT2D eigenvalue weighted by molar-refractivity contribution is 5.96. The molecular weight excluding hydrogens is 274 g/mol. The maximum atomic E-state index is 11.4. The molecule has 2 rings (SSSR count). The van der Waals surface area contributed by atoms with Crippen molar-refractivity contribution in [2.75, 3.05) is 0 Å². The Morgan fingerprint density at radius 2 is 1.95 bits per heavy atom. The van der Waals surface area contributed by atoms with Crippen molar-refractivity contribution in [2.45, 2.75) is 20.3 Å². The molecule has 0 atom stereocenters.